The third-order valence-electron chi connectivity index (χ3n) is 5.13. The highest BCUT2D eigenvalue weighted by Gasteiger charge is 2.29. The summed E-state index contributed by atoms with van der Waals surface area (Å²) in [4.78, 5) is 7.29. The van der Waals surface area contributed by atoms with E-state index in [1.165, 1.54) is 11.4 Å². The van der Waals surface area contributed by atoms with Gasteiger partial charge in [-0.3, -0.25) is 4.31 Å². The highest BCUT2D eigenvalue weighted by molar-refractivity contribution is 7.92. The van der Waals surface area contributed by atoms with Crippen LogP contribution in [-0.2, 0) is 22.0 Å². The predicted octanol–water partition coefficient (Wildman–Crippen LogP) is 2.94. The third-order valence-corrected chi connectivity index (χ3v) is 6.33. The maximum absolute atomic E-state index is 12.1. The molecule has 166 valence electrons. The molecule has 0 spiro atoms. The fourth-order valence-corrected chi connectivity index (χ4v) is 3.82. The van der Waals surface area contributed by atoms with Crippen LogP contribution in [0.3, 0.4) is 0 Å². The average Bonchev–Trinajstić information content (AvgIpc) is 3.45. The van der Waals surface area contributed by atoms with Crippen molar-refractivity contribution in [2.45, 2.75) is 18.9 Å². The first kappa shape index (κ1) is 21.7. The summed E-state index contributed by atoms with van der Waals surface area (Å²) >= 11 is 0. The molecule has 0 amide bonds. The largest absolute Gasteiger partial charge is 0.419 e. The van der Waals surface area contributed by atoms with Crippen LogP contribution in [0.5, 0.6) is 0 Å². The van der Waals surface area contributed by atoms with Gasteiger partial charge >= 0.3 is 0 Å². The van der Waals surface area contributed by atoms with Crippen molar-refractivity contribution in [2.75, 3.05) is 17.6 Å². The van der Waals surface area contributed by atoms with Crippen LogP contribution in [0.4, 0.5) is 5.69 Å². The summed E-state index contributed by atoms with van der Waals surface area (Å²) in [7, 11) is -1.99. The van der Waals surface area contributed by atoms with Gasteiger partial charge in [0.1, 0.15) is 5.82 Å². The highest BCUT2D eigenvalue weighted by atomic mass is 32.2. The molecule has 0 aliphatic carbocycles. The molecule has 0 aliphatic heterocycles. The molecule has 0 fully saturated rings. The van der Waals surface area contributed by atoms with Crippen molar-refractivity contribution in [2.24, 2.45) is 5.73 Å². The number of nitrogens with two attached hydrogens (primary N) is 1. The number of H-pyrrole nitrogens is 1. The lowest BCUT2D eigenvalue weighted by atomic mass is 9.94. The van der Waals surface area contributed by atoms with Gasteiger partial charge < -0.3 is 15.1 Å². The van der Waals surface area contributed by atoms with Crippen molar-refractivity contribution in [1.82, 2.24) is 20.2 Å². The highest BCUT2D eigenvalue weighted by Crippen LogP contribution is 2.32. The number of sulfonamides is 1. The standard InChI is InChI=1S/C22H24N6O3S/c1-22(23,14-15-7-5-4-6-8-15)21-27-26-20(31-21)17-11-16(19-24-9-10-25-19)12-18(13-17)28(2)32(3,29)30/h4-13H,14,23H2,1-3H3,(H,24,25)/t22-/m0/s1. The molecule has 4 rings (SSSR count). The molecule has 0 bridgehead atoms. The molecule has 0 aliphatic rings. The summed E-state index contributed by atoms with van der Waals surface area (Å²) in [6.07, 6.45) is 4.97. The quantitative estimate of drug-likeness (QED) is 0.441. The van der Waals surface area contributed by atoms with E-state index in [0.29, 0.717) is 29.1 Å². The Morgan fingerprint density at radius 2 is 1.84 bits per heavy atom. The molecule has 0 radical (unpaired) electrons. The van der Waals surface area contributed by atoms with Gasteiger partial charge in [-0.05, 0) is 37.1 Å². The number of aromatic amines is 1. The van der Waals surface area contributed by atoms with Gasteiger partial charge in [0.15, 0.2) is 0 Å². The van der Waals surface area contributed by atoms with Gasteiger partial charge in [0.25, 0.3) is 0 Å². The zero-order valence-corrected chi connectivity index (χ0v) is 18.8. The Labute approximate surface area is 186 Å². The lowest BCUT2D eigenvalue weighted by Crippen LogP contribution is -2.35. The first-order valence-electron chi connectivity index (χ1n) is 9.89. The van der Waals surface area contributed by atoms with E-state index < -0.39 is 15.6 Å². The molecule has 9 nitrogen and oxygen atoms in total. The van der Waals surface area contributed by atoms with Gasteiger partial charge in [-0.15, -0.1) is 10.2 Å². The fourth-order valence-electron chi connectivity index (χ4n) is 3.33. The van der Waals surface area contributed by atoms with Gasteiger partial charge in [-0.1, -0.05) is 30.3 Å². The summed E-state index contributed by atoms with van der Waals surface area (Å²) < 4.78 is 31.4. The number of nitrogens with zero attached hydrogens (tertiary/aromatic N) is 4. The maximum Gasteiger partial charge on any atom is 0.247 e. The monoisotopic (exact) mass is 452 g/mol. The van der Waals surface area contributed by atoms with Crippen molar-refractivity contribution in [3.63, 3.8) is 0 Å². The Bertz CT molecular complexity index is 1310. The summed E-state index contributed by atoms with van der Waals surface area (Å²) in [6, 6.07) is 15.0. The smallest absolute Gasteiger partial charge is 0.247 e. The molecule has 2 heterocycles. The van der Waals surface area contributed by atoms with E-state index in [0.717, 1.165) is 11.8 Å². The lowest BCUT2D eigenvalue weighted by molar-refractivity contribution is 0.355. The van der Waals surface area contributed by atoms with Crippen LogP contribution >= 0.6 is 0 Å². The number of rotatable bonds is 7. The summed E-state index contributed by atoms with van der Waals surface area (Å²) in [5.41, 5.74) is 8.35. The van der Waals surface area contributed by atoms with E-state index >= 15 is 0 Å². The van der Waals surface area contributed by atoms with Gasteiger partial charge in [-0.25, -0.2) is 13.4 Å². The zero-order valence-electron chi connectivity index (χ0n) is 18.0. The van der Waals surface area contributed by atoms with Crippen molar-refractivity contribution < 1.29 is 12.8 Å². The molecule has 0 unspecified atom stereocenters. The Kier molecular flexibility index (Phi) is 5.57. The van der Waals surface area contributed by atoms with Crippen LogP contribution in [0.1, 0.15) is 18.4 Å². The van der Waals surface area contributed by atoms with E-state index in [9.17, 15) is 8.42 Å². The minimum atomic E-state index is -3.48. The zero-order chi connectivity index (χ0) is 22.9. The fraction of sp³-hybridized carbons (Fsp3) is 0.227. The first-order valence-corrected chi connectivity index (χ1v) is 11.7. The number of hydrogen-bond donors (Lipinski definition) is 2. The van der Waals surface area contributed by atoms with Crippen LogP contribution in [0.25, 0.3) is 22.8 Å². The summed E-state index contributed by atoms with van der Waals surface area (Å²) in [5, 5.41) is 8.36. The van der Waals surface area contributed by atoms with E-state index in [2.05, 4.69) is 20.2 Å². The maximum atomic E-state index is 12.1. The third kappa shape index (κ3) is 4.56. The molecule has 10 heteroatoms. The molecule has 3 N–H and O–H groups in total. The van der Waals surface area contributed by atoms with Crippen LogP contribution in [0, 0.1) is 0 Å². The molecule has 32 heavy (non-hydrogen) atoms. The number of imidazole rings is 1. The molecular formula is C22H24N6O3S. The second-order valence-electron chi connectivity index (χ2n) is 7.93. The average molecular weight is 453 g/mol. The second kappa shape index (κ2) is 8.21. The lowest BCUT2D eigenvalue weighted by Gasteiger charge is -2.20. The Morgan fingerprint density at radius 3 is 2.50 bits per heavy atom. The van der Waals surface area contributed by atoms with Gasteiger partial charge in [0.2, 0.25) is 21.8 Å². The molecule has 2 aromatic carbocycles. The van der Waals surface area contributed by atoms with Crippen molar-refractivity contribution in [3.05, 3.63) is 72.4 Å². The number of aromatic nitrogens is 4. The van der Waals surface area contributed by atoms with Crippen LogP contribution in [-0.4, -0.2) is 41.9 Å². The van der Waals surface area contributed by atoms with Gasteiger partial charge in [0.05, 0.1) is 17.5 Å². The minimum Gasteiger partial charge on any atom is -0.419 e. The number of nitrogens with one attached hydrogen (secondary N) is 1. The molecular weight excluding hydrogens is 428 g/mol. The van der Waals surface area contributed by atoms with Crippen LogP contribution in [0.2, 0.25) is 0 Å². The molecule has 0 saturated carbocycles. The SMILES string of the molecule is CN(c1cc(-c2ncc[nH]2)cc(-c2nnc([C@@](C)(N)Cc3ccccc3)o2)c1)S(C)(=O)=O. The topological polar surface area (TPSA) is 131 Å². The predicted molar refractivity (Wildman–Crippen MR) is 122 cm³/mol. The Morgan fingerprint density at radius 1 is 1.12 bits per heavy atom. The summed E-state index contributed by atoms with van der Waals surface area (Å²) in [6.45, 7) is 1.83. The number of hydrogen-bond acceptors (Lipinski definition) is 7. The van der Waals surface area contributed by atoms with Gasteiger partial charge in [-0.2, -0.15) is 0 Å². The van der Waals surface area contributed by atoms with E-state index in [1.54, 1.807) is 30.6 Å². The number of anilines is 1. The summed E-state index contributed by atoms with van der Waals surface area (Å²) in [5.74, 6) is 1.11. The first-order chi connectivity index (χ1) is 15.1. The van der Waals surface area contributed by atoms with Crippen molar-refractivity contribution in [1.29, 1.82) is 0 Å². The Balaban J connectivity index is 1.73. The minimum absolute atomic E-state index is 0.237. The number of benzene rings is 2. The van der Waals surface area contributed by atoms with E-state index in [1.807, 2.05) is 37.3 Å². The molecule has 2 aromatic heterocycles. The molecule has 0 saturated heterocycles. The van der Waals surface area contributed by atoms with E-state index in [4.69, 9.17) is 10.2 Å². The van der Waals surface area contributed by atoms with Crippen molar-refractivity contribution >= 4 is 15.7 Å². The van der Waals surface area contributed by atoms with Crippen LogP contribution in [0.15, 0.2) is 65.3 Å². The van der Waals surface area contributed by atoms with E-state index in [-0.39, 0.29) is 11.8 Å². The second-order valence-corrected chi connectivity index (χ2v) is 9.94. The van der Waals surface area contributed by atoms with Crippen LogP contribution < -0.4 is 10.0 Å². The van der Waals surface area contributed by atoms with Crippen molar-refractivity contribution in [3.8, 4) is 22.8 Å². The van der Waals surface area contributed by atoms with Gasteiger partial charge in [0, 0.05) is 30.6 Å². The molecule has 4 aromatic rings. The Hall–Kier alpha value is -3.50. The normalized spacial score (nSPS) is 13.6. The molecule has 1 atom stereocenters.